The van der Waals surface area contributed by atoms with Crippen LogP contribution in [0.25, 0.3) is 11.1 Å². The van der Waals surface area contributed by atoms with Crippen molar-refractivity contribution in [3.63, 3.8) is 0 Å². The molecule has 114 valence electrons. The molecular formula is C16H17N3O3. The highest BCUT2D eigenvalue weighted by Gasteiger charge is 2.20. The Bertz CT molecular complexity index is 757. The predicted octanol–water partition coefficient (Wildman–Crippen LogP) is 2.79. The average Bonchev–Trinajstić information content (AvgIpc) is 2.78. The minimum absolute atomic E-state index is 0.172. The van der Waals surface area contributed by atoms with Crippen LogP contribution < -0.4 is 4.74 Å². The van der Waals surface area contributed by atoms with Crippen LogP contribution >= 0.6 is 0 Å². The van der Waals surface area contributed by atoms with Crippen molar-refractivity contribution < 1.29 is 14.6 Å². The van der Waals surface area contributed by atoms with Gasteiger partial charge in [-0.3, -0.25) is 4.68 Å². The maximum absolute atomic E-state index is 11.5. The molecule has 0 unspecified atom stereocenters. The van der Waals surface area contributed by atoms with Crippen molar-refractivity contribution in [2.75, 3.05) is 7.11 Å². The third-order valence-corrected chi connectivity index (χ3v) is 3.54. The zero-order valence-corrected chi connectivity index (χ0v) is 12.8. The third kappa shape index (κ3) is 2.79. The minimum Gasteiger partial charge on any atom is -0.497 e. The zero-order valence-electron chi connectivity index (χ0n) is 12.8. The molecule has 0 aliphatic rings. The Labute approximate surface area is 128 Å². The van der Waals surface area contributed by atoms with Crippen molar-refractivity contribution in [1.29, 1.82) is 5.26 Å². The summed E-state index contributed by atoms with van der Waals surface area (Å²) in [6, 6.07) is 7.05. The molecule has 2 aromatic rings. The molecule has 0 saturated carbocycles. The van der Waals surface area contributed by atoms with Crippen LogP contribution in [0.15, 0.2) is 18.2 Å². The highest BCUT2D eigenvalue weighted by Crippen LogP contribution is 2.32. The van der Waals surface area contributed by atoms with Gasteiger partial charge >= 0.3 is 5.97 Å². The molecule has 22 heavy (non-hydrogen) atoms. The molecule has 0 spiro atoms. The molecule has 1 aromatic carbocycles. The number of carbonyl (C=O) groups is 1. The number of benzene rings is 1. The van der Waals surface area contributed by atoms with Gasteiger partial charge in [0.1, 0.15) is 5.75 Å². The van der Waals surface area contributed by atoms with E-state index in [1.807, 2.05) is 13.8 Å². The summed E-state index contributed by atoms with van der Waals surface area (Å²) in [6.45, 7) is 4.20. The van der Waals surface area contributed by atoms with E-state index < -0.39 is 5.97 Å². The van der Waals surface area contributed by atoms with Gasteiger partial charge in [-0.2, -0.15) is 10.4 Å². The molecule has 1 heterocycles. The summed E-state index contributed by atoms with van der Waals surface area (Å²) in [6.07, 6.45) is 0.357. The van der Waals surface area contributed by atoms with E-state index in [-0.39, 0.29) is 5.56 Å². The largest absolute Gasteiger partial charge is 0.497 e. The average molecular weight is 299 g/mol. The molecule has 0 aliphatic carbocycles. The molecule has 0 amide bonds. The standard InChI is InChI=1S/C16H17N3O3/c1-10-15(11(2)19(18-10)8-4-7-17)13-6-5-12(22-3)9-14(13)16(20)21/h5-6,9H,4,8H2,1-3H3,(H,20,21). The molecule has 0 radical (unpaired) electrons. The summed E-state index contributed by atoms with van der Waals surface area (Å²) >= 11 is 0. The van der Waals surface area contributed by atoms with Crippen molar-refractivity contribution in [3.05, 3.63) is 35.2 Å². The van der Waals surface area contributed by atoms with Gasteiger partial charge in [-0.05, 0) is 32.0 Å². The Hall–Kier alpha value is -2.81. The van der Waals surface area contributed by atoms with Gasteiger partial charge in [0.2, 0.25) is 0 Å². The van der Waals surface area contributed by atoms with Crippen LogP contribution in [0.3, 0.4) is 0 Å². The Morgan fingerprint density at radius 3 is 2.77 bits per heavy atom. The second kappa shape index (κ2) is 6.31. The topological polar surface area (TPSA) is 88.1 Å². The van der Waals surface area contributed by atoms with Gasteiger partial charge in [0.05, 0.1) is 37.4 Å². The monoisotopic (exact) mass is 299 g/mol. The first kappa shape index (κ1) is 15.6. The number of ether oxygens (including phenoxy) is 1. The van der Waals surface area contributed by atoms with Crippen molar-refractivity contribution in [3.8, 4) is 22.9 Å². The molecule has 1 aromatic heterocycles. The number of hydrogen-bond donors (Lipinski definition) is 1. The van der Waals surface area contributed by atoms with E-state index in [1.165, 1.54) is 13.2 Å². The van der Waals surface area contributed by atoms with Crippen LogP contribution in [-0.4, -0.2) is 28.0 Å². The second-order valence-corrected chi connectivity index (χ2v) is 4.89. The van der Waals surface area contributed by atoms with Gasteiger partial charge in [0, 0.05) is 16.8 Å². The summed E-state index contributed by atoms with van der Waals surface area (Å²) in [4.78, 5) is 11.5. The van der Waals surface area contributed by atoms with Gasteiger partial charge in [-0.1, -0.05) is 0 Å². The Kier molecular flexibility index (Phi) is 4.47. The number of aromatic nitrogens is 2. The lowest BCUT2D eigenvalue weighted by Gasteiger charge is -2.09. The fourth-order valence-corrected chi connectivity index (χ4v) is 2.51. The van der Waals surface area contributed by atoms with Crippen molar-refractivity contribution >= 4 is 5.97 Å². The number of carboxylic acids is 1. The van der Waals surface area contributed by atoms with E-state index in [4.69, 9.17) is 10.00 Å². The van der Waals surface area contributed by atoms with E-state index in [0.29, 0.717) is 24.3 Å². The minimum atomic E-state index is -1.02. The maximum Gasteiger partial charge on any atom is 0.336 e. The normalized spacial score (nSPS) is 10.3. The number of aryl methyl sites for hydroxylation is 2. The number of carboxylic acid groups (broad SMARTS) is 1. The molecule has 6 nitrogen and oxygen atoms in total. The molecule has 6 heteroatoms. The zero-order chi connectivity index (χ0) is 16.3. The first-order chi connectivity index (χ1) is 10.5. The number of aromatic carboxylic acids is 1. The molecule has 0 bridgehead atoms. The van der Waals surface area contributed by atoms with Crippen molar-refractivity contribution in [2.45, 2.75) is 26.8 Å². The highest BCUT2D eigenvalue weighted by atomic mass is 16.5. The van der Waals surface area contributed by atoms with Gasteiger partial charge in [-0.15, -0.1) is 0 Å². The lowest BCUT2D eigenvalue weighted by Crippen LogP contribution is -2.03. The predicted molar refractivity (Wildman–Crippen MR) is 80.9 cm³/mol. The second-order valence-electron chi connectivity index (χ2n) is 4.89. The molecule has 0 atom stereocenters. The smallest absolute Gasteiger partial charge is 0.336 e. The summed E-state index contributed by atoms with van der Waals surface area (Å²) in [5.41, 5.74) is 3.15. The maximum atomic E-state index is 11.5. The fraction of sp³-hybridized carbons (Fsp3) is 0.312. The van der Waals surface area contributed by atoms with Crippen LogP contribution in [0, 0.1) is 25.2 Å². The summed E-state index contributed by atoms with van der Waals surface area (Å²) < 4.78 is 6.83. The molecule has 2 rings (SSSR count). The lowest BCUT2D eigenvalue weighted by atomic mass is 9.98. The molecule has 0 saturated heterocycles. The van der Waals surface area contributed by atoms with Gasteiger partial charge in [0.25, 0.3) is 0 Å². The molecule has 0 aliphatic heterocycles. The van der Waals surface area contributed by atoms with E-state index in [0.717, 1.165) is 17.0 Å². The quantitative estimate of drug-likeness (QED) is 0.917. The number of methoxy groups -OCH3 is 1. The lowest BCUT2D eigenvalue weighted by molar-refractivity contribution is 0.0697. The fourth-order valence-electron chi connectivity index (χ4n) is 2.51. The van der Waals surface area contributed by atoms with Gasteiger partial charge in [-0.25, -0.2) is 4.79 Å². The number of rotatable bonds is 5. The van der Waals surface area contributed by atoms with Gasteiger partial charge < -0.3 is 9.84 Å². The molecular weight excluding hydrogens is 282 g/mol. The van der Waals surface area contributed by atoms with Crippen LogP contribution in [0.4, 0.5) is 0 Å². The summed E-state index contributed by atoms with van der Waals surface area (Å²) in [5, 5.41) is 22.6. The molecule has 1 N–H and O–H groups in total. The highest BCUT2D eigenvalue weighted by molar-refractivity contribution is 5.97. The van der Waals surface area contributed by atoms with E-state index in [2.05, 4.69) is 11.2 Å². The summed E-state index contributed by atoms with van der Waals surface area (Å²) in [5.74, 6) is -0.522. The van der Waals surface area contributed by atoms with E-state index in [1.54, 1.807) is 16.8 Å². The first-order valence-electron chi connectivity index (χ1n) is 6.82. The van der Waals surface area contributed by atoms with Crippen molar-refractivity contribution in [1.82, 2.24) is 9.78 Å². The third-order valence-electron chi connectivity index (χ3n) is 3.54. The van der Waals surface area contributed by atoms with Crippen LogP contribution in [0.2, 0.25) is 0 Å². The molecule has 0 fully saturated rings. The number of nitriles is 1. The number of nitrogens with zero attached hydrogens (tertiary/aromatic N) is 3. The first-order valence-corrected chi connectivity index (χ1v) is 6.82. The Balaban J connectivity index is 2.59. The van der Waals surface area contributed by atoms with E-state index >= 15 is 0 Å². The Morgan fingerprint density at radius 1 is 1.45 bits per heavy atom. The van der Waals surface area contributed by atoms with E-state index in [9.17, 15) is 9.90 Å². The van der Waals surface area contributed by atoms with Gasteiger partial charge in [0.15, 0.2) is 0 Å². The van der Waals surface area contributed by atoms with Crippen LogP contribution in [0.1, 0.15) is 28.2 Å². The Morgan fingerprint density at radius 2 is 2.18 bits per heavy atom. The van der Waals surface area contributed by atoms with Crippen LogP contribution in [-0.2, 0) is 6.54 Å². The summed E-state index contributed by atoms with van der Waals surface area (Å²) in [7, 11) is 1.50. The van der Waals surface area contributed by atoms with Crippen molar-refractivity contribution in [2.24, 2.45) is 0 Å². The van der Waals surface area contributed by atoms with Crippen LogP contribution in [0.5, 0.6) is 5.75 Å². The number of hydrogen-bond acceptors (Lipinski definition) is 4. The SMILES string of the molecule is COc1ccc(-c2c(C)nn(CCC#N)c2C)c(C(=O)O)c1.